The summed E-state index contributed by atoms with van der Waals surface area (Å²) >= 11 is 0. The minimum absolute atomic E-state index is 0.425. The Morgan fingerprint density at radius 3 is 1.75 bits per heavy atom. The number of esters is 1. The summed E-state index contributed by atoms with van der Waals surface area (Å²) in [4.78, 5) is 27.7. The molecular formula is C31H43NO4. The quantitative estimate of drug-likeness (QED) is 0.177. The first-order valence-corrected chi connectivity index (χ1v) is 13.8. The number of carbonyl (C=O) groups excluding carboxylic acids is 2. The summed E-state index contributed by atoms with van der Waals surface area (Å²) in [6, 6.07) is 18.4. The molecule has 1 amide bonds. The average Bonchev–Trinajstić information content (AvgIpc) is 3.23. The van der Waals surface area contributed by atoms with Crippen molar-refractivity contribution in [2.45, 2.75) is 102 Å². The lowest BCUT2D eigenvalue weighted by atomic mass is 9.94. The lowest BCUT2D eigenvalue weighted by Crippen LogP contribution is -2.45. The Morgan fingerprint density at radius 2 is 1.28 bits per heavy atom. The smallest absolute Gasteiger partial charge is 0.411 e. The van der Waals surface area contributed by atoms with Gasteiger partial charge in [-0.15, -0.1) is 0 Å². The van der Waals surface area contributed by atoms with Crippen LogP contribution in [0.2, 0.25) is 0 Å². The molecule has 2 aromatic carbocycles. The molecule has 1 heterocycles. The van der Waals surface area contributed by atoms with Crippen LogP contribution in [0.5, 0.6) is 0 Å². The van der Waals surface area contributed by atoms with Gasteiger partial charge < -0.3 is 9.47 Å². The van der Waals surface area contributed by atoms with Crippen molar-refractivity contribution in [1.82, 2.24) is 4.90 Å². The molecule has 2 aromatic rings. The first-order chi connectivity index (χ1) is 17.7. The Balaban J connectivity index is 1.59. The molecule has 1 aliphatic heterocycles. The van der Waals surface area contributed by atoms with E-state index in [1.54, 1.807) is 4.90 Å². The van der Waals surface area contributed by atoms with Crippen molar-refractivity contribution in [3.05, 3.63) is 71.8 Å². The van der Waals surface area contributed by atoms with Crippen LogP contribution in [0, 0.1) is 0 Å². The molecule has 0 N–H and O–H groups in total. The molecule has 196 valence electrons. The highest BCUT2D eigenvalue weighted by atomic mass is 16.6. The minimum Gasteiger partial charge on any atom is -0.467 e. The molecule has 1 fully saturated rings. The van der Waals surface area contributed by atoms with E-state index in [9.17, 15) is 9.59 Å². The summed E-state index contributed by atoms with van der Waals surface area (Å²) in [7, 11) is 1.38. The Labute approximate surface area is 217 Å². The summed E-state index contributed by atoms with van der Waals surface area (Å²) in [5, 5.41) is 0. The van der Waals surface area contributed by atoms with Crippen LogP contribution in [0.15, 0.2) is 60.7 Å². The van der Waals surface area contributed by atoms with Gasteiger partial charge in [-0.05, 0) is 24.0 Å². The van der Waals surface area contributed by atoms with E-state index in [1.807, 2.05) is 60.7 Å². The molecule has 0 aromatic heterocycles. The highest BCUT2D eigenvalue weighted by Crippen LogP contribution is 2.37. The van der Waals surface area contributed by atoms with Crippen LogP contribution in [0.1, 0.15) is 101 Å². The van der Waals surface area contributed by atoms with Gasteiger partial charge >= 0.3 is 12.1 Å². The molecule has 3 rings (SSSR count). The van der Waals surface area contributed by atoms with Crippen molar-refractivity contribution in [2.24, 2.45) is 0 Å². The molecule has 2 atom stereocenters. The van der Waals surface area contributed by atoms with Crippen molar-refractivity contribution in [3.63, 3.8) is 0 Å². The van der Waals surface area contributed by atoms with Crippen LogP contribution >= 0.6 is 0 Å². The van der Waals surface area contributed by atoms with Gasteiger partial charge in [-0.2, -0.15) is 0 Å². The molecule has 5 heteroatoms. The maximum Gasteiger partial charge on any atom is 0.411 e. The Hall–Kier alpha value is -2.82. The molecule has 0 radical (unpaired) electrons. The molecule has 2 unspecified atom stereocenters. The monoisotopic (exact) mass is 493 g/mol. The SMILES string of the molecule is CCCCCCCCCCCCCC1OC(=O)N(C(c2ccccc2)c2ccccc2)C1C(=O)OC. The molecule has 5 nitrogen and oxygen atoms in total. The third-order valence-corrected chi connectivity index (χ3v) is 7.16. The van der Waals surface area contributed by atoms with Gasteiger partial charge in [0.1, 0.15) is 6.10 Å². The van der Waals surface area contributed by atoms with E-state index in [-0.39, 0.29) is 0 Å². The lowest BCUT2D eigenvalue weighted by molar-refractivity contribution is -0.147. The number of unbranched alkanes of at least 4 members (excludes halogenated alkanes) is 10. The summed E-state index contributed by atoms with van der Waals surface area (Å²) in [5.74, 6) is -0.425. The number of ether oxygens (including phenoxy) is 2. The van der Waals surface area contributed by atoms with Gasteiger partial charge in [0.2, 0.25) is 0 Å². The maximum absolute atomic E-state index is 13.2. The first-order valence-electron chi connectivity index (χ1n) is 13.8. The topological polar surface area (TPSA) is 55.8 Å². The molecule has 0 bridgehead atoms. The predicted molar refractivity (Wildman–Crippen MR) is 144 cm³/mol. The second-order valence-electron chi connectivity index (χ2n) is 9.85. The molecule has 36 heavy (non-hydrogen) atoms. The van der Waals surface area contributed by atoms with Gasteiger partial charge in [0.25, 0.3) is 0 Å². The number of cyclic esters (lactones) is 1. The minimum atomic E-state index is -0.768. The van der Waals surface area contributed by atoms with Crippen LogP contribution < -0.4 is 0 Å². The van der Waals surface area contributed by atoms with Gasteiger partial charge in [0.05, 0.1) is 13.2 Å². The second kappa shape index (κ2) is 15.3. The van der Waals surface area contributed by atoms with E-state index in [0.29, 0.717) is 6.42 Å². The number of rotatable bonds is 16. The molecular weight excluding hydrogens is 450 g/mol. The third kappa shape index (κ3) is 7.84. The van der Waals surface area contributed by atoms with Crippen molar-refractivity contribution < 1.29 is 19.1 Å². The van der Waals surface area contributed by atoms with Crippen molar-refractivity contribution >= 4 is 12.1 Å². The Morgan fingerprint density at radius 1 is 0.806 bits per heavy atom. The number of hydrogen-bond acceptors (Lipinski definition) is 4. The molecule has 1 saturated heterocycles. The molecule has 1 aliphatic rings. The van der Waals surface area contributed by atoms with Gasteiger partial charge in [0, 0.05) is 0 Å². The summed E-state index contributed by atoms with van der Waals surface area (Å²) in [6.45, 7) is 2.25. The van der Waals surface area contributed by atoms with E-state index in [2.05, 4.69) is 6.92 Å². The fourth-order valence-corrected chi connectivity index (χ4v) is 5.21. The van der Waals surface area contributed by atoms with Crippen LogP contribution in [-0.2, 0) is 14.3 Å². The Bertz CT molecular complexity index is 862. The molecule has 0 spiro atoms. The first kappa shape index (κ1) is 27.8. The zero-order valence-electron chi connectivity index (χ0n) is 22.1. The third-order valence-electron chi connectivity index (χ3n) is 7.16. The van der Waals surface area contributed by atoms with Crippen molar-refractivity contribution in [1.29, 1.82) is 0 Å². The maximum atomic E-state index is 13.2. The fourth-order valence-electron chi connectivity index (χ4n) is 5.21. The number of hydrogen-bond donors (Lipinski definition) is 0. The zero-order valence-corrected chi connectivity index (χ0v) is 22.1. The fraction of sp³-hybridized carbons (Fsp3) is 0.548. The van der Waals surface area contributed by atoms with E-state index in [4.69, 9.17) is 9.47 Å². The number of amides is 1. The van der Waals surface area contributed by atoms with Gasteiger partial charge in [-0.25, -0.2) is 9.59 Å². The van der Waals surface area contributed by atoms with E-state index >= 15 is 0 Å². The number of methoxy groups -OCH3 is 1. The predicted octanol–water partition coefficient (Wildman–Crippen LogP) is 7.84. The molecule has 0 saturated carbocycles. The normalized spacial score (nSPS) is 17.4. The van der Waals surface area contributed by atoms with Crippen molar-refractivity contribution in [3.8, 4) is 0 Å². The van der Waals surface area contributed by atoms with Gasteiger partial charge in [0.15, 0.2) is 6.04 Å². The van der Waals surface area contributed by atoms with E-state index < -0.39 is 30.3 Å². The Kier molecular flexibility index (Phi) is 11.8. The van der Waals surface area contributed by atoms with Crippen molar-refractivity contribution in [2.75, 3.05) is 7.11 Å². The summed E-state index contributed by atoms with van der Waals surface area (Å²) in [5.41, 5.74) is 1.87. The largest absolute Gasteiger partial charge is 0.467 e. The highest BCUT2D eigenvalue weighted by Gasteiger charge is 2.50. The highest BCUT2D eigenvalue weighted by molar-refractivity contribution is 5.85. The lowest BCUT2D eigenvalue weighted by Gasteiger charge is -2.31. The summed E-state index contributed by atoms with van der Waals surface area (Å²) in [6.07, 6.45) is 13.5. The van der Waals surface area contributed by atoms with Crippen LogP contribution in [0.4, 0.5) is 4.79 Å². The average molecular weight is 494 g/mol. The number of carbonyl (C=O) groups is 2. The second-order valence-corrected chi connectivity index (χ2v) is 9.85. The summed E-state index contributed by atoms with van der Waals surface area (Å²) < 4.78 is 11.0. The van der Waals surface area contributed by atoms with Crippen LogP contribution in [-0.4, -0.2) is 36.2 Å². The van der Waals surface area contributed by atoms with Gasteiger partial charge in [-0.3, -0.25) is 4.90 Å². The standard InChI is InChI=1S/C31H43NO4/c1-3-4-5-6-7-8-9-10-11-12-19-24-27-29(30(33)35-2)32(31(34)36-27)28(25-20-15-13-16-21-25)26-22-17-14-18-23-26/h13-18,20-23,27-29H,3-12,19,24H2,1-2H3. The zero-order chi connectivity index (χ0) is 25.6. The van der Waals surface area contributed by atoms with Crippen LogP contribution in [0.3, 0.4) is 0 Å². The van der Waals surface area contributed by atoms with Gasteiger partial charge in [-0.1, -0.05) is 132 Å². The number of nitrogens with zero attached hydrogens (tertiary/aromatic N) is 1. The molecule has 0 aliphatic carbocycles. The number of benzene rings is 2. The van der Waals surface area contributed by atoms with E-state index in [0.717, 1.165) is 24.0 Å². The van der Waals surface area contributed by atoms with Crippen LogP contribution in [0.25, 0.3) is 0 Å². The van der Waals surface area contributed by atoms with E-state index in [1.165, 1.54) is 64.9 Å².